The van der Waals surface area contributed by atoms with Gasteiger partial charge in [-0.25, -0.2) is 19.4 Å². The van der Waals surface area contributed by atoms with Crippen molar-refractivity contribution in [2.24, 2.45) is 0 Å². The number of H-pyrrole nitrogens is 1. The summed E-state index contributed by atoms with van der Waals surface area (Å²) < 4.78 is 9.92. The summed E-state index contributed by atoms with van der Waals surface area (Å²) in [6, 6.07) is 0. The summed E-state index contributed by atoms with van der Waals surface area (Å²) in [7, 11) is 0. The average molecular weight is 441 g/mol. The Kier molecular flexibility index (Phi) is 7.91. The van der Waals surface area contributed by atoms with Crippen LogP contribution in [0.15, 0.2) is 9.82 Å². The molecular weight excluding hydrogens is 420 g/mol. The minimum atomic E-state index is -0.633. The van der Waals surface area contributed by atoms with Gasteiger partial charge in [-0.05, 0) is 27.7 Å². The molecule has 156 valence electrons. The van der Waals surface area contributed by atoms with Gasteiger partial charge in [-0.1, -0.05) is 23.1 Å². The fourth-order valence-corrected chi connectivity index (χ4v) is 3.98. The van der Waals surface area contributed by atoms with Gasteiger partial charge in [0.05, 0.1) is 24.7 Å². The molecule has 1 amide bonds. The van der Waals surface area contributed by atoms with Gasteiger partial charge in [-0.15, -0.1) is 0 Å². The first-order valence-corrected chi connectivity index (χ1v) is 10.4. The molecule has 0 aliphatic rings. The Morgan fingerprint density at radius 1 is 1.10 bits per heavy atom. The van der Waals surface area contributed by atoms with Crippen LogP contribution < -0.4 is 11.0 Å². The third-order valence-electron chi connectivity index (χ3n) is 3.41. The number of anilines is 1. The van der Waals surface area contributed by atoms with Crippen LogP contribution in [0.5, 0.6) is 0 Å². The Hall–Kier alpha value is -2.73. The van der Waals surface area contributed by atoms with Gasteiger partial charge in [0, 0.05) is 5.69 Å². The van der Waals surface area contributed by atoms with E-state index in [1.54, 1.807) is 27.7 Å². The van der Waals surface area contributed by atoms with Crippen LogP contribution in [0.1, 0.15) is 45.3 Å². The van der Waals surface area contributed by atoms with Crippen molar-refractivity contribution in [2.45, 2.75) is 32.7 Å². The number of hydrogen-bond donors (Lipinski definition) is 2. The Morgan fingerprint density at radius 3 is 2.41 bits per heavy atom. The largest absolute Gasteiger partial charge is 0.462 e. The zero-order valence-corrected chi connectivity index (χ0v) is 17.9. The molecule has 2 N–H and O–H groups in total. The van der Waals surface area contributed by atoms with Gasteiger partial charge in [-0.3, -0.25) is 4.79 Å². The molecule has 0 bridgehead atoms. The molecule has 29 heavy (non-hydrogen) atoms. The number of nitrogens with zero attached hydrogens (tertiary/aromatic N) is 2. The third kappa shape index (κ3) is 5.87. The van der Waals surface area contributed by atoms with Crippen LogP contribution >= 0.6 is 23.1 Å². The molecule has 0 radical (unpaired) electrons. The monoisotopic (exact) mass is 440 g/mol. The van der Waals surface area contributed by atoms with Crippen LogP contribution in [0.3, 0.4) is 0 Å². The predicted molar refractivity (Wildman–Crippen MR) is 108 cm³/mol. The number of hydrogen-bond acceptors (Lipinski definition) is 10. The van der Waals surface area contributed by atoms with Crippen molar-refractivity contribution in [1.29, 1.82) is 0 Å². The number of aromatic amines is 1. The van der Waals surface area contributed by atoms with Crippen LogP contribution in [0.25, 0.3) is 0 Å². The van der Waals surface area contributed by atoms with Gasteiger partial charge >= 0.3 is 17.6 Å². The second-order valence-electron chi connectivity index (χ2n) is 5.56. The van der Waals surface area contributed by atoms with E-state index in [0.29, 0.717) is 16.3 Å². The van der Waals surface area contributed by atoms with E-state index < -0.39 is 23.5 Å². The van der Waals surface area contributed by atoms with Crippen LogP contribution in [-0.2, 0) is 14.3 Å². The van der Waals surface area contributed by atoms with Gasteiger partial charge in [0.2, 0.25) is 5.91 Å². The average Bonchev–Trinajstić information content (AvgIpc) is 3.00. The number of rotatable bonds is 8. The van der Waals surface area contributed by atoms with Crippen molar-refractivity contribution in [3.05, 3.63) is 32.3 Å². The molecule has 0 atom stereocenters. The van der Waals surface area contributed by atoms with Crippen LogP contribution in [0, 0.1) is 13.8 Å². The number of nitrogens with one attached hydrogen (secondary N) is 2. The number of aryl methyl sites for hydroxylation is 2. The van der Waals surface area contributed by atoms with Crippen molar-refractivity contribution >= 4 is 46.1 Å². The van der Waals surface area contributed by atoms with Crippen molar-refractivity contribution in [1.82, 2.24) is 15.0 Å². The first kappa shape index (κ1) is 22.6. The first-order chi connectivity index (χ1) is 13.8. The highest BCUT2D eigenvalue weighted by Gasteiger charge is 2.21. The SMILES string of the molecule is CCOC(=O)c1sc(NC(=O)CSc2nc(=O)[nH]c(C)c2C(=O)OCC)nc1C. The van der Waals surface area contributed by atoms with Crippen molar-refractivity contribution < 1.29 is 23.9 Å². The van der Waals surface area contributed by atoms with E-state index in [1.807, 2.05) is 0 Å². The highest BCUT2D eigenvalue weighted by Crippen LogP contribution is 2.25. The summed E-state index contributed by atoms with van der Waals surface area (Å²) in [6.45, 7) is 6.95. The summed E-state index contributed by atoms with van der Waals surface area (Å²) in [4.78, 5) is 58.6. The molecular formula is C17H20N4O6S2. The molecule has 2 aromatic heterocycles. The van der Waals surface area contributed by atoms with Crippen LogP contribution in [0.4, 0.5) is 5.13 Å². The van der Waals surface area contributed by atoms with E-state index >= 15 is 0 Å². The van der Waals surface area contributed by atoms with Gasteiger partial charge in [-0.2, -0.15) is 4.98 Å². The maximum absolute atomic E-state index is 12.3. The summed E-state index contributed by atoms with van der Waals surface area (Å²) >= 11 is 1.93. The number of carbonyl (C=O) groups is 3. The highest BCUT2D eigenvalue weighted by atomic mass is 32.2. The van der Waals surface area contributed by atoms with E-state index in [0.717, 1.165) is 23.1 Å². The van der Waals surface area contributed by atoms with E-state index in [1.165, 1.54) is 0 Å². The summed E-state index contributed by atoms with van der Waals surface area (Å²) in [5.41, 5.74) is 0.237. The number of thiazole rings is 1. The molecule has 0 aliphatic heterocycles. The lowest BCUT2D eigenvalue weighted by atomic mass is 10.2. The highest BCUT2D eigenvalue weighted by molar-refractivity contribution is 8.00. The molecule has 12 heteroatoms. The lowest BCUT2D eigenvalue weighted by Crippen LogP contribution is -2.21. The molecule has 0 fully saturated rings. The summed E-state index contributed by atoms with van der Waals surface area (Å²) in [5, 5.41) is 2.93. The number of ether oxygens (including phenoxy) is 2. The molecule has 0 aliphatic carbocycles. The second-order valence-corrected chi connectivity index (χ2v) is 7.52. The number of amides is 1. The first-order valence-electron chi connectivity index (χ1n) is 8.62. The number of thioether (sulfide) groups is 1. The minimum Gasteiger partial charge on any atom is -0.462 e. The lowest BCUT2D eigenvalue weighted by molar-refractivity contribution is -0.113. The maximum atomic E-state index is 12.3. The number of aromatic nitrogens is 3. The minimum absolute atomic E-state index is 0.0994. The van der Waals surface area contributed by atoms with Crippen LogP contribution in [0.2, 0.25) is 0 Å². The van der Waals surface area contributed by atoms with E-state index in [2.05, 4.69) is 20.3 Å². The molecule has 0 saturated carbocycles. The topological polar surface area (TPSA) is 140 Å². The molecule has 0 unspecified atom stereocenters. The predicted octanol–water partition coefficient (Wildman–Crippen LogP) is 1.93. The van der Waals surface area contributed by atoms with E-state index in [9.17, 15) is 19.2 Å². The second kappa shape index (κ2) is 10.2. The van der Waals surface area contributed by atoms with Crippen molar-refractivity contribution in [2.75, 3.05) is 24.3 Å². The maximum Gasteiger partial charge on any atom is 0.350 e. The van der Waals surface area contributed by atoms with Crippen LogP contribution in [-0.4, -0.2) is 51.8 Å². The fourth-order valence-electron chi connectivity index (χ4n) is 2.23. The van der Waals surface area contributed by atoms with Gasteiger partial charge < -0.3 is 19.8 Å². The Morgan fingerprint density at radius 2 is 1.76 bits per heavy atom. The van der Waals surface area contributed by atoms with Crippen molar-refractivity contribution in [3.63, 3.8) is 0 Å². The zero-order chi connectivity index (χ0) is 21.6. The quantitative estimate of drug-likeness (QED) is 0.358. The Bertz CT molecular complexity index is 985. The van der Waals surface area contributed by atoms with E-state index in [4.69, 9.17) is 9.47 Å². The lowest BCUT2D eigenvalue weighted by Gasteiger charge is -2.09. The van der Waals surface area contributed by atoms with E-state index in [-0.39, 0.29) is 34.7 Å². The molecule has 10 nitrogen and oxygen atoms in total. The molecule has 2 heterocycles. The standard InChI is InChI=1S/C17H20N4O6S2/c1-5-26-14(23)11-8(3)18-16(25)21-13(11)28-7-10(22)20-17-19-9(4)12(29-17)15(24)27-6-2/h5-7H2,1-4H3,(H,18,21,25)(H,19,20,22). The molecule has 0 saturated heterocycles. The summed E-state index contributed by atoms with van der Waals surface area (Å²) in [6.07, 6.45) is 0. The van der Waals surface area contributed by atoms with Gasteiger partial charge in [0.15, 0.2) is 5.13 Å². The normalized spacial score (nSPS) is 10.5. The van der Waals surface area contributed by atoms with Gasteiger partial charge in [0.25, 0.3) is 0 Å². The van der Waals surface area contributed by atoms with Gasteiger partial charge in [0.1, 0.15) is 15.5 Å². The molecule has 0 aromatic carbocycles. The number of carbonyl (C=O) groups excluding carboxylic acids is 3. The molecule has 2 aromatic rings. The number of esters is 2. The van der Waals surface area contributed by atoms with Crippen molar-refractivity contribution in [3.8, 4) is 0 Å². The molecule has 2 rings (SSSR count). The fraction of sp³-hybridized carbons (Fsp3) is 0.412. The smallest absolute Gasteiger partial charge is 0.350 e. The Balaban J connectivity index is 2.10. The third-order valence-corrected chi connectivity index (χ3v) is 5.44. The summed E-state index contributed by atoms with van der Waals surface area (Å²) in [5.74, 6) is -1.70. The molecule has 0 spiro atoms. The zero-order valence-electron chi connectivity index (χ0n) is 16.3. The Labute approximate surface area is 174 Å².